The second-order valence-electron chi connectivity index (χ2n) is 33.3. The molecule has 0 fully saturated rings. The first kappa shape index (κ1) is 89.0. The molecule has 12 aromatic carbocycles. The molecule has 630 valence electrons. The molecule has 0 saturated heterocycles. The molecule has 12 rings (SSSR count). The van der Waals surface area contributed by atoms with Crippen LogP contribution in [-0.2, 0) is 0 Å². The van der Waals surface area contributed by atoms with Crippen LogP contribution in [0.4, 0.5) is 0 Å². The summed E-state index contributed by atoms with van der Waals surface area (Å²) in [7, 11) is 0. The zero-order chi connectivity index (χ0) is 89.5. The number of rotatable bonds is 19. The van der Waals surface area contributed by atoms with Crippen molar-refractivity contribution in [3.05, 3.63) is 140 Å². The quantitative estimate of drug-likeness (QED) is 0.0264. The highest BCUT2D eigenvalue weighted by atomic mass is 16.3. The van der Waals surface area contributed by atoms with Crippen molar-refractivity contribution in [3.63, 3.8) is 0 Å². The summed E-state index contributed by atoms with van der Waals surface area (Å²) in [4.78, 5) is 78.7. The van der Waals surface area contributed by atoms with Gasteiger partial charge in [-0.05, 0) is 173 Å². The molecule has 0 aromatic heterocycles. The molecule has 18 N–H and O–H groups in total. The van der Waals surface area contributed by atoms with E-state index in [2.05, 4.69) is 0 Å². The van der Waals surface area contributed by atoms with Crippen LogP contribution in [0, 0.1) is 64.2 Å². The Kier molecular flexibility index (Phi) is 24.6. The van der Waals surface area contributed by atoms with Gasteiger partial charge in [-0.25, -0.2) is 0 Å². The van der Waals surface area contributed by atoms with Crippen molar-refractivity contribution >= 4 is 99.3 Å². The van der Waals surface area contributed by atoms with Crippen molar-refractivity contribution in [2.45, 2.75) is 176 Å². The summed E-state index contributed by atoms with van der Waals surface area (Å²) in [6.07, 6.45) is 4.03. The molecule has 0 bridgehead atoms. The Labute approximate surface area is 691 Å². The van der Waals surface area contributed by atoms with Gasteiger partial charge in [-0.15, -0.1) is 0 Å². The van der Waals surface area contributed by atoms with Crippen LogP contribution in [0.3, 0.4) is 0 Å². The van der Waals surface area contributed by atoms with Gasteiger partial charge in [-0.1, -0.05) is 95.9 Å². The molecular weight excluding hydrogens is 1540 g/mol. The average molecular weight is 1640 g/mol. The molecule has 12 aromatic rings. The molecule has 2 atom stereocenters. The molecule has 0 aliphatic heterocycles. The third kappa shape index (κ3) is 15.3. The Morgan fingerprint density at radius 3 is 0.617 bits per heavy atom. The predicted molar refractivity (Wildman–Crippen MR) is 462 cm³/mol. The number of Topliss-reactive ketones (excluding diaryl/α,β-unsaturated/α-hetero) is 6. The van der Waals surface area contributed by atoms with Gasteiger partial charge >= 0.3 is 0 Å². The fourth-order valence-electron chi connectivity index (χ4n) is 15.7. The van der Waals surface area contributed by atoms with Gasteiger partial charge in [-0.2, -0.15) is 0 Å². The lowest BCUT2D eigenvalue weighted by Crippen LogP contribution is -2.20. The van der Waals surface area contributed by atoms with Crippen LogP contribution >= 0.6 is 0 Å². The maximum Gasteiger partial charge on any atom is 0.172 e. The number of benzene rings is 12. The molecular formula is C96H102O24. The van der Waals surface area contributed by atoms with Crippen molar-refractivity contribution in [1.29, 1.82) is 0 Å². The van der Waals surface area contributed by atoms with Gasteiger partial charge in [0.25, 0.3) is 0 Å². The second-order valence-corrected chi connectivity index (χ2v) is 33.3. The fourth-order valence-corrected chi connectivity index (χ4v) is 15.7. The standard InChI is InChI=1S/3C32H34O8/c1-13-9-15-17(11-19(33)27(37)23(15)29(39)31(3,4)5)25(35)21(13)22-14(2)10-16-18(26(22)36)12-20(34)28(38)24(16)30(40)32(6,7)8;1-7-13(3)27(35)25-17-9-15(5)23(29(37)19(17)11-21(33)31(25)39)24-16(6)10-18-20(30(24)38)12-22(34)32(40)26(18)28(36)14(4)8-2;1-5-7-9-21(33)27-17-11-15(3)25(29(37)19(17)13-23(35)31(27)39)26-16(4)12-18-20(30(26)38)14-24(36)32(40)28(18)22(34)10-8-6-2/h9-12,33-38H,1-8H3;9-14,33-34,37-40H,7-8H2,1-6H3;11-14,35-40H,5-10H2,1-4H3. The first-order valence-electron chi connectivity index (χ1n) is 39.5. The Morgan fingerprint density at radius 1 is 0.258 bits per heavy atom. The monoisotopic (exact) mass is 1640 g/mol. The van der Waals surface area contributed by atoms with E-state index in [4.69, 9.17) is 0 Å². The SMILES string of the molecule is CCC(C)C(=O)c1c(O)c(O)cc2c(O)c(-c3c(C)cc4c(C(=O)C(C)CC)c(O)c(O)cc4c3O)c(C)cc12.CCCCC(=O)c1c(O)c(O)cc2c(O)c(-c3c(C)cc4c(C(=O)CCCC)c(O)c(O)cc4c3O)c(C)cc12.Cc1cc2c(C(=O)C(C)(C)C)c(O)c(O)cc2c(O)c1-c1c(C)cc2c(C(=O)C(C)(C)C)c(O)c(O)cc2c1O. The number of unbranched alkanes of at least 4 members (excludes halogenated alkanes) is 2. The minimum absolute atomic E-state index is 0.0801. The molecule has 24 heteroatoms. The number of aromatic hydroxyl groups is 18. The number of hydrogen-bond acceptors (Lipinski definition) is 24. The lowest BCUT2D eigenvalue weighted by atomic mass is 9.81. The number of ketones is 6. The first-order valence-corrected chi connectivity index (χ1v) is 39.5. The number of phenolic OH excluding ortho intramolecular Hbond substituents is 18. The van der Waals surface area contributed by atoms with Gasteiger partial charge < -0.3 is 91.9 Å². The third-order valence-electron chi connectivity index (χ3n) is 22.7. The van der Waals surface area contributed by atoms with Gasteiger partial charge in [0.15, 0.2) is 104 Å². The average Bonchev–Trinajstić information content (AvgIpc) is 0.731. The van der Waals surface area contributed by atoms with Gasteiger partial charge in [-0.3, -0.25) is 28.8 Å². The number of phenols is 18. The number of aryl methyl sites for hydroxylation is 6. The fraction of sp³-hybridized carbons (Fsp3) is 0.312. The summed E-state index contributed by atoms with van der Waals surface area (Å²) >= 11 is 0. The van der Waals surface area contributed by atoms with Crippen LogP contribution in [0.25, 0.3) is 98.0 Å². The summed E-state index contributed by atoms with van der Waals surface area (Å²) in [5.41, 5.74) is 1.60. The number of fused-ring (bicyclic) bond motifs is 6. The molecule has 0 aliphatic rings. The molecule has 2 unspecified atom stereocenters. The van der Waals surface area contributed by atoms with Crippen molar-refractivity contribution < 1.29 is 121 Å². The van der Waals surface area contributed by atoms with Gasteiger partial charge in [0.1, 0.15) is 34.5 Å². The maximum absolute atomic E-state index is 13.2. The Balaban J connectivity index is 0.000000189. The highest BCUT2D eigenvalue weighted by molar-refractivity contribution is 6.22. The van der Waals surface area contributed by atoms with E-state index in [1.54, 1.807) is 133 Å². The molecule has 0 radical (unpaired) electrons. The lowest BCUT2D eigenvalue weighted by molar-refractivity contribution is 0.0850. The number of carbonyl (C=O) groups excluding carboxylic acids is 6. The van der Waals surface area contributed by atoms with E-state index in [9.17, 15) is 121 Å². The van der Waals surface area contributed by atoms with Crippen LogP contribution in [0.15, 0.2) is 72.8 Å². The Bertz CT molecular complexity index is 6000. The van der Waals surface area contributed by atoms with E-state index >= 15 is 0 Å². The smallest absolute Gasteiger partial charge is 0.172 e. The van der Waals surface area contributed by atoms with Crippen LogP contribution < -0.4 is 0 Å². The normalized spacial score (nSPS) is 12.2. The van der Waals surface area contributed by atoms with Crippen molar-refractivity contribution in [2.75, 3.05) is 0 Å². The van der Waals surface area contributed by atoms with Crippen LogP contribution in [0.2, 0.25) is 0 Å². The van der Waals surface area contributed by atoms with Crippen molar-refractivity contribution in [1.82, 2.24) is 0 Å². The number of hydrogen-bond donors (Lipinski definition) is 18. The second kappa shape index (κ2) is 33.2. The largest absolute Gasteiger partial charge is 0.507 e. The minimum Gasteiger partial charge on any atom is -0.507 e. The summed E-state index contributed by atoms with van der Waals surface area (Å²) in [5.74, 6) is -12.1. The van der Waals surface area contributed by atoms with Crippen LogP contribution in [0.1, 0.15) is 230 Å². The van der Waals surface area contributed by atoms with E-state index in [0.29, 0.717) is 59.1 Å². The van der Waals surface area contributed by atoms with Gasteiger partial charge in [0.2, 0.25) is 0 Å². The predicted octanol–water partition coefficient (Wildman–Crippen LogP) is 21.2. The molecule has 24 nitrogen and oxygen atoms in total. The molecule has 0 saturated carbocycles. The summed E-state index contributed by atoms with van der Waals surface area (Å²) in [5, 5.41) is 197. The Morgan fingerprint density at radius 2 is 0.433 bits per heavy atom. The number of carbonyl (C=O) groups is 6. The Hall–Kier alpha value is -13.4. The highest BCUT2D eigenvalue weighted by Crippen LogP contribution is 2.57. The van der Waals surface area contributed by atoms with Crippen LogP contribution in [0.5, 0.6) is 103 Å². The zero-order valence-corrected chi connectivity index (χ0v) is 70.2. The molecule has 0 heterocycles. The molecule has 0 amide bonds. The van der Waals surface area contributed by atoms with E-state index in [-0.39, 0.29) is 202 Å². The maximum atomic E-state index is 13.2. The topological polar surface area (TPSA) is 467 Å². The van der Waals surface area contributed by atoms with Crippen LogP contribution in [-0.4, -0.2) is 127 Å². The van der Waals surface area contributed by atoms with E-state index < -0.39 is 103 Å². The molecule has 0 spiro atoms. The lowest BCUT2D eigenvalue weighted by Gasteiger charge is -2.23. The van der Waals surface area contributed by atoms with Crippen molar-refractivity contribution in [2.24, 2.45) is 22.7 Å². The summed E-state index contributed by atoms with van der Waals surface area (Å²) < 4.78 is 0. The molecule has 120 heavy (non-hydrogen) atoms. The van der Waals surface area contributed by atoms with Gasteiger partial charge in [0, 0.05) is 134 Å². The van der Waals surface area contributed by atoms with E-state index in [1.807, 2.05) is 27.7 Å². The summed E-state index contributed by atoms with van der Waals surface area (Å²) in [6, 6.07) is 16.6. The third-order valence-corrected chi connectivity index (χ3v) is 22.7. The highest BCUT2D eigenvalue weighted by Gasteiger charge is 2.37. The summed E-state index contributed by atoms with van der Waals surface area (Å²) in [6.45, 7) is 31.0. The van der Waals surface area contributed by atoms with E-state index in [1.165, 1.54) is 12.1 Å². The first-order chi connectivity index (χ1) is 56.0. The molecule has 0 aliphatic carbocycles. The van der Waals surface area contributed by atoms with Gasteiger partial charge in [0.05, 0.1) is 33.4 Å². The van der Waals surface area contributed by atoms with E-state index in [0.717, 1.165) is 37.1 Å². The van der Waals surface area contributed by atoms with Crippen molar-refractivity contribution in [3.8, 4) is 137 Å². The zero-order valence-electron chi connectivity index (χ0n) is 70.2. The minimum atomic E-state index is -0.899.